The van der Waals surface area contributed by atoms with E-state index < -0.39 is 5.91 Å². The number of ether oxygens (including phenoxy) is 2. The first kappa shape index (κ1) is 19.3. The highest BCUT2D eigenvalue weighted by Gasteiger charge is 2.10. The molecule has 26 heavy (non-hydrogen) atoms. The van der Waals surface area contributed by atoms with E-state index in [0.29, 0.717) is 30.4 Å². The van der Waals surface area contributed by atoms with Crippen molar-refractivity contribution >= 4 is 11.8 Å². The highest BCUT2D eigenvalue weighted by Crippen LogP contribution is 2.19. The molecule has 0 fully saturated rings. The molecule has 138 valence electrons. The summed E-state index contributed by atoms with van der Waals surface area (Å²) in [5.74, 6) is 0.781. The SMILES string of the molecule is CC(C)COc1ccccc1CNC(=O)c1cccc(OCC(N)=O)c1. The Morgan fingerprint density at radius 1 is 1.08 bits per heavy atom. The molecule has 2 aromatic rings. The maximum atomic E-state index is 12.4. The number of hydrogen-bond acceptors (Lipinski definition) is 4. The van der Waals surface area contributed by atoms with Crippen LogP contribution in [-0.4, -0.2) is 25.0 Å². The molecule has 0 saturated carbocycles. The molecule has 2 rings (SSSR count). The van der Waals surface area contributed by atoms with Crippen molar-refractivity contribution < 1.29 is 19.1 Å². The molecule has 0 heterocycles. The number of rotatable bonds is 9. The lowest BCUT2D eigenvalue weighted by Gasteiger charge is -2.14. The minimum absolute atomic E-state index is 0.231. The van der Waals surface area contributed by atoms with Crippen molar-refractivity contribution in [1.82, 2.24) is 5.32 Å². The molecule has 3 N–H and O–H groups in total. The monoisotopic (exact) mass is 356 g/mol. The molecule has 0 radical (unpaired) electrons. The van der Waals surface area contributed by atoms with E-state index in [0.717, 1.165) is 11.3 Å². The summed E-state index contributed by atoms with van der Waals surface area (Å²) in [7, 11) is 0. The molecule has 0 unspecified atom stereocenters. The van der Waals surface area contributed by atoms with Crippen LogP contribution in [-0.2, 0) is 11.3 Å². The molecule has 2 amide bonds. The van der Waals surface area contributed by atoms with Gasteiger partial charge in [0, 0.05) is 17.7 Å². The van der Waals surface area contributed by atoms with Gasteiger partial charge in [-0.1, -0.05) is 38.1 Å². The van der Waals surface area contributed by atoms with Crippen molar-refractivity contribution in [2.24, 2.45) is 11.7 Å². The molecular weight excluding hydrogens is 332 g/mol. The van der Waals surface area contributed by atoms with Gasteiger partial charge in [-0.3, -0.25) is 9.59 Å². The van der Waals surface area contributed by atoms with Gasteiger partial charge in [-0.15, -0.1) is 0 Å². The Balaban J connectivity index is 1.98. The number of amides is 2. The molecule has 0 aliphatic heterocycles. The van der Waals surface area contributed by atoms with Crippen LogP contribution in [0.4, 0.5) is 0 Å². The largest absolute Gasteiger partial charge is 0.493 e. The molecule has 0 aliphatic carbocycles. The van der Waals surface area contributed by atoms with Crippen LogP contribution in [0.2, 0.25) is 0 Å². The molecule has 0 atom stereocenters. The second-order valence-electron chi connectivity index (χ2n) is 6.28. The van der Waals surface area contributed by atoms with E-state index >= 15 is 0 Å². The van der Waals surface area contributed by atoms with Crippen LogP contribution in [0.1, 0.15) is 29.8 Å². The van der Waals surface area contributed by atoms with Crippen LogP contribution in [0.5, 0.6) is 11.5 Å². The lowest BCUT2D eigenvalue weighted by molar-refractivity contribution is -0.119. The third-order valence-corrected chi connectivity index (χ3v) is 3.46. The lowest BCUT2D eigenvalue weighted by atomic mass is 10.1. The van der Waals surface area contributed by atoms with Gasteiger partial charge in [-0.25, -0.2) is 0 Å². The normalized spacial score (nSPS) is 10.4. The summed E-state index contributed by atoms with van der Waals surface area (Å²) in [6, 6.07) is 14.2. The fourth-order valence-corrected chi connectivity index (χ4v) is 2.21. The number of benzene rings is 2. The van der Waals surface area contributed by atoms with Crippen molar-refractivity contribution in [3.63, 3.8) is 0 Å². The van der Waals surface area contributed by atoms with Crippen molar-refractivity contribution in [3.05, 3.63) is 59.7 Å². The number of carbonyl (C=O) groups is 2. The Kier molecular flexibility index (Phi) is 7.02. The van der Waals surface area contributed by atoms with Crippen LogP contribution >= 0.6 is 0 Å². The predicted octanol–water partition coefficient (Wildman–Crippen LogP) is 2.52. The van der Waals surface area contributed by atoms with E-state index in [1.54, 1.807) is 24.3 Å². The van der Waals surface area contributed by atoms with Gasteiger partial charge in [0.2, 0.25) is 0 Å². The fraction of sp³-hybridized carbons (Fsp3) is 0.300. The standard InChI is InChI=1S/C20H24N2O4/c1-14(2)12-26-18-9-4-3-6-16(18)11-22-20(24)15-7-5-8-17(10-15)25-13-19(21)23/h3-10,14H,11-13H2,1-2H3,(H2,21,23)(H,22,24). The summed E-state index contributed by atoms with van der Waals surface area (Å²) in [6.45, 7) is 4.89. The Hall–Kier alpha value is -3.02. The number of para-hydroxylation sites is 1. The van der Waals surface area contributed by atoms with Crippen LogP contribution in [0.15, 0.2) is 48.5 Å². The summed E-state index contributed by atoms with van der Waals surface area (Å²) in [5.41, 5.74) is 6.40. The van der Waals surface area contributed by atoms with Gasteiger partial charge in [0.25, 0.3) is 11.8 Å². The highest BCUT2D eigenvalue weighted by molar-refractivity contribution is 5.94. The minimum atomic E-state index is -0.571. The van der Waals surface area contributed by atoms with E-state index in [9.17, 15) is 9.59 Å². The summed E-state index contributed by atoms with van der Waals surface area (Å²) in [5, 5.41) is 2.87. The maximum absolute atomic E-state index is 12.4. The first-order valence-electron chi connectivity index (χ1n) is 8.45. The van der Waals surface area contributed by atoms with E-state index in [-0.39, 0.29) is 12.5 Å². The van der Waals surface area contributed by atoms with Gasteiger partial charge in [0.1, 0.15) is 11.5 Å². The Bertz CT molecular complexity index is 759. The fourth-order valence-electron chi connectivity index (χ4n) is 2.21. The number of primary amides is 1. The second kappa shape index (κ2) is 9.46. The predicted molar refractivity (Wildman–Crippen MR) is 99.1 cm³/mol. The Morgan fingerprint density at radius 3 is 2.58 bits per heavy atom. The molecule has 2 aromatic carbocycles. The molecule has 6 heteroatoms. The zero-order chi connectivity index (χ0) is 18.9. The average Bonchev–Trinajstić information content (AvgIpc) is 2.63. The third-order valence-electron chi connectivity index (χ3n) is 3.46. The van der Waals surface area contributed by atoms with Crippen LogP contribution in [0, 0.1) is 5.92 Å². The molecule has 0 saturated heterocycles. The molecule has 0 bridgehead atoms. The molecule has 6 nitrogen and oxygen atoms in total. The molecular formula is C20H24N2O4. The Labute approximate surface area is 153 Å². The summed E-state index contributed by atoms with van der Waals surface area (Å²) < 4.78 is 11.0. The molecule has 0 spiro atoms. The topological polar surface area (TPSA) is 90.7 Å². The van der Waals surface area contributed by atoms with Gasteiger partial charge in [0.05, 0.1) is 6.61 Å². The van der Waals surface area contributed by atoms with Crippen molar-refractivity contribution in [2.45, 2.75) is 20.4 Å². The van der Waals surface area contributed by atoms with E-state index in [1.165, 1.54) is 0 Å². The quantitative estimate of drug-likeness (QED) is 0.722. The van der Waals surface area contributed by atoms with E-state index in [1.807, 2.05) is 24.3 Å². The smallest absolute Gasteiger partial charge is 0.255 e. The highest BCUT2D eigenvalue weighted by atomic mass is 16.5. The average molecular weight is 356 g/mol. The second-order valence-corrected chi connectivity index (χ2v) is 6.28. The third kappa shape index (κ3) is 6.12. The zero-order valence-electron chi connectivity index (χ0n) is 15.0. The number of carbonyl (C=O) groups excluding carboxylic acids is 2. The lowest BCUT2D eigenvalue weighted by Crippen LogP contribution is -2.23. The Morgan fingerprint density at radius 2 is 1.85 bits per heavy atom. The molecule has 0 aliphatic rings. The summed E-state index contributed by atoms with van der Waals surface area (Å²) in [6.07, 6.45) is 0. The number of hydrogen-bond donors (Lipinski definition) is 2. The van der Waals surface area contributed by atoms with Crippen molar-refractivity contribution in [3.8, 4) is 11.5 Å². The first-order valence-corrected chi connectivity index (χ1v) is 8.45. The van der Waals surface area contributed by atoms with E-state index in [4.69, 9.17) is 15.2 Å². The van der Waals surface area contributed by atoms with Crippen LogP contribution in [0.25, 0.3) is 0 Å². The van der Waals surface area contributed by atoms with Crippen molar-refractivity contribution in [2.75, 3.05) is 13.2 Å². The summed E-state index contributed by atoms with van der Waals surface area (Å²) >= 11 is 0. The minimum Gasteiger partial charge on any atom is -0.493 e. The van der Waals surface area contributed by atoms with Gasteiger partial charge < -0.3 is 20.5 Å². The van der Waals surface area contributed by atoms with Crippen LogP contribution in [0.3, 0.4) is 0 Å². The number of nitrogens with one attached hydrogen (secondary N) is 1. The number of nitrogens with two attached hydrogens (primary N) is 1. The van der Waals surface area contributed by atoms with Gasteiger partial charge in [0.15, 0.2) is 6.61 Å². The van der Waals surface area contributed by atoms with Gasteiger partial charge >= 0.3 is 0 Å². The summed E-state index contributed by atoms with van der Waals surface area (Å²) in [4.78, 5) is 23.2. The van der Waals surface area contributed by atoms with Gasteiger partial charge in [-0.05, 0) is 30.2 Å². The molecule has 0 aromatic heterocycles. The maximum Gasteiger partial charge on any atom is 0.255 e. The van der Waals surface area contributed by atoms with Crippen LogP contribution < -0.4 is 20.5 Å². The van der Waals surface area contributed by atoms with Gasteiger partial charge in [-0.2, -0.15) is 0 Å². The first-order chi connectivity index (χ1) is 12.5. The van der Waals surface area contributed by atoms with Crippen molar-refractivity contribution in [1.29, 1.82) is 0 Å². The van der Waals surface area contributed by atoms with E-state index in [2.05, 4.69) is 19.2 Å². The zero-order valence-corrected chi connectivity index (χ0v) is 15.0.